The number of imidazole rings is 1. The topological polar surface area (TPSA) is 53.1 Å². The highest BCUT2D eigenvalue weighted by Gasteiger charge is 2.10. The van der Waals surface area contributed by atoms with Gasteiger partial charge in [0.05, 0.1) is 18.1 Å². The van der Waals surface area contributed by atoms with E-state index < -0.39 is 0 Å². The van der Waals surface area contributed by atoms with E-state index in [4.69, 9.17) is 10.5 Å². The molecule has 2 N–H and O–H groups in total. The van der Waals surface area contributed by atoms with Crippen LogP contribution in [-0.4, -0.2) is 16.7 Å². The predicted octanol–water partition coefficient (Wildman–Crippen LogP) is 3.38. The van der Waals surface area contributed by atoms with Gasteiger partial charge in [0.25, 0.3) is 0 Å². The van der Waals surface area contributed by atoms with E-state index in [1.807, 2.05) is 47.0 Å². The lowest BCUT2D eigenvalue weighted by atomic mass is 10.2. The third-order valence-corrected chi connectivity index (χ3v) is 3.50. The summed E-state index contributed by atoms with van der Waals surface area (Å²) in [4.78, 5) is 4.37. The summed E-state index contributed by atoms with van der Waals surface area (Å²) >= 11 is 3.42. The number of rotatable bonds is 2. The zero-order valence-electron chi connectivity index (χ0n) is 10.3. The molecule has 0 bridgehead atoms. The summed E-state index contributed by atoms with van der Waals surface area (Å²) in [7, 11) is 1.64. The smallest absolute Gasteiger partial charge is 0.205 e. The number of ether oxygens (including phenoxy) is 1. The molecule has 19 heavy (non-hydrogen) atoms. The fourth-order valence-electron chi connectivity index (χ4n) is 2.07. The van der Waals surface area contributed by atoms with Crippen LogP contribution in [0.3, 0.4) is 0 Å². The third-order valence-electron chi connectivity index (χ3n) is 2.97. The number of nitrogens with two attached hydrogens (primary N) is 1. The number of benzene rings is 2. The first kappa shape index (κ1) is 12.0. The van der Waals surface area contributed by atoms with Crippen LogP contribution in [0.15, 0.2) is 46.9 Å². The van der Waals surface area contributed by atoms with Crippen molar-refractivity contribution < 1.29 is 4.74 Å². The van der Waals surface area contributed by atoms with Gasteiger partial charge in [-0.05, 0) is 36.4 Å². The number of aromatic nitrogens is 2. The number of hydrogen-bond donors (Lipinski definition) is 1. The van der Waals surface area contributed by atoms with E-state index in [0.717, 1.165) is 26.9 Å². The molecule has 0 saturated carbocycles. The first-order valence-electron chi connectivity index (χ1n) is 5.77. The largest absolute Gasteiger partial charge is 0.497 e. The highest BCUT2D eigenvalue weighted by atomic mass is 79.9. The summed E-state index contributed by atoms with van der Waals surface area (Å²) in [5, 5.41) is 0. The monoisotopic (exact) mass is 317 g/mol. The second-order valence-corrected chi connectivity index (χ2v) is 5.05. The van der Waals surface area contributed by atoms with Crippen LogP contribution in [0.5, 0.6) is 5.75 Å². The number of fused-ring (bicyclic) bond motifs is 1. The van der Waals surface area contributed by atoms with E-state index in [1.165, 1.54) is 0 Å². The Hall–Kier alpha value is -2.01. The van der Waals surface area contributed by atoms with Crippen molar-refractivity contribution in [2.24, 2.45) is 0 Å². The molecule has 0 aliphatic carbocycles. The third kappa shape index (κ3) is 2.06. The van der Waals surface area contributed by atoms with E-state index in [2.05, 4.69) is 20.9 Å². The predicted molar refractivity (Wildman–Crippen MR) is 79.7 cm³/mol. The Morgan fingerprint density at radius 3 is 2.58 bits per heavy atom. The fraction of sp³-hybridized carbons (Fsp3) is 0.0714. The average molecular weight is 318 g/mol. The Labute approximate surface area is 118 Å². The van der Waals surface area contributed by atoms with E-state index in [1.54, 1.807) is 7.11 Å². The molecule has 2 aromatic carbocycles. The zero-order valence-corrected chi connectivity index (χ0v) is 11.9. The maximum Gasteiger partial charge on any atom is 0.205 e. The van der Waals surface area contributed by atoms with Gasteiger partial charge in [-0.3, -0.25) is 4.57 Å². The molecule has 4 nitrogen and oxygen atoms in total. The molecule has 96 valence electrons. The maximum atomic E-state index is 6.01. The van der Waals surface area contributed by atoms with Crippen LogP contribution < -0.4 is 10.5 Å². The van der Waals surface area contributed by atoms with Gasteiger partial charge in [0.2, 0.25) is 5.95 Å². The van der Waals surface area contributed by atoms with Gasteiger partial charge in [0.15, 0.2) is 0 Å². The van der Waals surface area contributed by atoms with E-state index in [0.29, 0.717) is 5.95 Å². The second kappa shape index (κ2) is 4.59. The normalized spacial score (nSPS) is 10.8. The Morgan fingerprint density at radius 2 is 1.89 bits per heavy atom. The van der Waals surface area contributed by atoms with E-state index in [-0.39, 0.29) is 0 Å². The van der Waals surface area contributed by atoms with E-state index in [9.17, 15) is 0 Å². The maximum absolute atomic E-state index is 6.01. The quantitative estimate of drug-likeness (QED) is 0.788. The highest BCUT2D eigenvalue weighted by Crippen LogP contribution is 2.26. The molecule has 0 unspecified atom stereocenters. The number of hydrogen-bond acceptors (Lipinski definition) is 3. The van der Waals surface area contributed by atoms with Crippen molar-refractivity contribution in [2.45, 2.75) is 0 Å². The molecule has 1 aromatic heterocycles. The minimum atomic E-state index is 0.463. The molecule has 0 aliphatic rings. The number of methoxy groups -OCH3 is 1. The molecule has 1 heterocycles. The van der Waals surface area contributed by atoms with Crippen LogP contribution >= 0.6 is 15.9 Å². The SMILES string of the molecule is COc1ccc2c(c1)nc(N)n2-c1ccc(Br)cc1. The van der Waals surface area contributed by atoms with Crippen molar-refractivity contribution in [3.63, 3.8) is 0 Å². The van der Waals surface area contributed by atoms with Crippen LogP contribution in [0.25, 0.3) is 16.7 Å². The molecule has 0 aliphatic heterocycles. The first-order chi connectivity index (χ1) is 9.19. The van der Waals surface area contributed by atoms with Gasteiger partial charge in [-0.1, -0.05) is 15.9 Å². The summed E-state index contributed by atoms with van der Waals surface area (Å²) in [6.07, 6.45) is 0. The number of nitrogens with zero attached hydrogens (tertiary/aromatic N) is 2. The van der Waals surface area contributed by atoms with Gasteiger partial charge >= 0.3 is 0 Å². The molecule has 0 saturated heterocycles. The van der Waals surface area contributed by atoms with Crippen LogP contribution in [0.2, 0.25) is 0 Å². The Bertz CT molecular complexity index is 734. The standard InChI is InChI=1S/C14H12BrN3O/c1-19-11-6-7-13-12(8-11)17-14(16)18(13)10-4-2-9(15)3-5-10/h2-8H,1H3,(H2,16,17). The molecule has 0 fully saturated rings. The molecular formula is C14H12BrN3O. The summed E-state index contributed by atoms with van der Waals surface area (Å²) in [6, 6.07) is 13.7. The van der Waals surface area contributed by atoms with E-state index >= 15 is 0 Å². The highest BCUT2D eigenvalue weighted by molar-refractivity contribution is 9.10. The van der Waals surface area contributed by atoms with Crippen LogP contribution in [-0.2, 0) is 0 Å². The lowest BCUT2D eigenvalue weighted by Crippen LogP contribution is -2.00. The van der Waals surface area contributed by atoms with Crippen molar-refractivity contribution in [3.8, 4) is 11.4 Å². The minimum Gasteiger partial charge on any atom is -0.497 e. The Balaban J connectivity index is 2.23. The number of nitrogen functional groups attached to an aromatic ring is 1. The van der Waals surface area contributed by atoms with Crippen LogP contribution in [0.4, 0.5) is 5.95 Å². The van der Waals surface area contributed by atoms with Gasteiger partial charge in [-0.2, -0.15) is 0 Å². The summed E-state index contributed by atoms with van der Waals surface area (Å²) in [5.74, 6) is 1.23. The molecule has 0 amide bonds. The van der Waals surface area contributed by atoms with Crippen molar-refractivity contribution in [1.29, 1.82) is 0 Å². The molecular weight excluding hydrogens is 306 g/mol. The molecule has 3 rings (SSSR count). The van der Waals surface area contributed by atoms with Crippen molar-refractivity contribution in [2.75, 3.05) is 12.8 Å². The molecule has 0 spiro atoms. The van der Waals surface area contributed by atoms with Crippen molar-refractivity contribution in [3.05, 3.63) is 46.9 Å². The molecule has 5 heteroatoms. The lowest BCUT2D eigenvalue weighted by Gasteiger charge is -2.06. The first-order valence-corrected chi connectivity index (χ1v) is 6.56. The Kier molecular flexibility index (Phi) is 2.91. The zero-order chi connectivity index (χ0) is 13.4. The summed E-state index contributed by atoms with van der Waals surface area (Å²) < 4.78 is 8.14. The van der Waals surface area contributed by atoms with Crippen molar-refractivity contribution >= 4 is 32.9 Å². The lowest BCUT2D eigenvalue weighted by molar-refractivity contribution is 0.415. The average Bonchev–Trinajstić information content (AvgIpc) is 2.74. The van der Waals surface area contributed by atoms with Gasteiger partial charge in [-0.15, -0.1) is 0 Å². The summed E-state index contributed by atoms with van der Waals surface area (Å²) in [6.45, 7) is 0. The number of halogens is 1. The number of anilines is 1. The minimum absolute atomic E-state index is 0.463. The molecule has 3 aromatic rings. The van der Waals surface area contributed by atoms with Gasteiger partial charge in [0, 0.05) is 16.2 Å². The van der Waals surface area contributed by atoms with Gasteiger partial charge < -0.3 is 10.5 Å². The van der Waals surface area contributed by atoms with Crippen molar-refractivity contribution in [1.82, 2.24) is 9.55 Å². The van der Waals surface area contributed by atoms with Gasteiger partial charge in [0.1, 0.15) is 5.75 Å². The van der Waals surface area contributed by atoms with Crippen LogP contribution in [0.1, 0.15) is 0 Å². The fourth-order valence-corrected chi connectivity index (χ4v) is 2.33. The summed E-state index contributed by atoms with van der Waals surface area (Å²) in [5.41, 5.74) is 8.77. The second-order valence-electron chi connectivity index (χ2n) is 4.14. The Morgan fingerprint density at radius 1 is 1.16 bits per heavy atom. The molecule has 0 radical (unpaired) electrons. The van der Waals surface area contributed by atoms with Crippen LogP contribution in [0, 0.1) is 0 Å². The molecule has 0 atom stereocenters. The van der Waals surface area contributed by atoms with Gasteiger partial charge in [-0.25, -0.2) is 4.98 Å².